The number of piperidine rings is 1. The Morgan fingerprint density at radius 3 is 2.92 bits per heavy atom. The Morgan fingerprint density at radius 1 is 1.75 bits per heavy atom. The fraction of sp³-hybridized carbons (Fsp3) is 0.667. The first-order valence-electron chi connectivity index (χ1n) is 4.25. The minimum atomic E-state index is -0.746. The van der Waals surface area contributed by atoms with Gasteiger partial charge in [0.25, 0.3) is 0 Å². The summed E-state index contributed by atoms with van der Waals surface area (Å²) in [6.07, 6.45) is 2.08. The lowest BCUT2D eigenvalue weighted by Gasteiger charge is -2.30. The molecule has 0 aromatic rings. The molecule has 1 unspecified atom stereocenters. The van der Waals surface area contributed by atoms with E-state index in [1.54, 1.807) is 6.92 Å². The molecule has 12 heavy (non-hydrogen) atoms. The van der Waals surface area contributed by atoms with Gasteiger partial charge in [0, 0.05) is 6.54 Å². The van der Waals surface area contributed by atoms with Gasteiger partial charge in [0.05, 0.1) is 0 Å². The number of carbonyl (C=O) groups is 1. The average Bonchev–Trinajstić information content (AvgIpc) is 2.03. The van der Waals surface area contributed by atoms with Crippen LogP contribution < -0.4 is 0 Å². The van der Waals surface area contributed by atoms with Gasteiger partial charge in [-0.2, -0.15) is 0 Å². The normalized spacial score (nSPS) is 22.2. The Hall–Kier alpha value is -0.830. The zero-order valence-corrected chi connectivity index (χ0v) is 7.42. The molecule has 0 aliphatic carbocycles. The first-order chi connectivity index (χ1) is 5.61. The molecule has 68 valence electrons. The number of likely N-dealkylation sites (tertiary alicyclic amines) is 1. The number of hydrogen-bond acceptors (Lipinski definition) is 2. The summed E-state index contributed by atoms with van der Waals surface area (Å²) in [5.41, 5.74) is 1.15. The highest BCUT2D eigenvalue weighted by Crippen LogP contribution is 2.15. The van der Waals surface area contributed by atoms with E-state index in [2.05, 4.69) is 6.58 Å². The maximum absolute atomic E-state index is 10.6. The van der Waals surface area contributed by atoms with Crippen LogP contribution in [0.4, 0.5) is 0 Å². The van der Waals surface area contributed by atoms with Crippen molar-refractivity contribution in [2.24, 2.45) is 0 Å². The van der Waals surface area contributed by atoms with Crippen molar-refractivity contribution in [1.82, 2.24) is 4.90 Å². The van der Waals surface area contributed by atoms with E-state index < -0.39 is 5.97 Å². The first kappa shape index (κ1) is 9.26. The molecule has 0 radical (unpaired) electrons. The Morgan fingerprint density at radius 2 is 2.42 bits per heavy atom. The van der Waals surface area contributed by atoms with Gasteiger partial charge in [0.1, 0.15) is 6.04 Å². The maximum Gasteiger partial charge on any atom is 0.320 e. The number of carboxylic acid groups (broad SMARTS) is 1. The fourth-order valence-corrected chi connectivity index (χ4v) is 1.46. The second-order valence-electron chi connectivity index (χ2n) is 3.34. The Labute approximate surface area is 72.7 Å². The molecule has 3 nitrogen and oxygen atoms in total. The summed E-state index contributed by atoms with van der Waals surface area (Å²) in [6.45, 7) is 7.22. The standard InChI is InChI=1S/C9H15NO2/c1-7-4-3-5-10(6-7)8(2)9(11)12/h8H,1,3-6H2,2H3,(H,11,12). The van der Waals surface area contributed by atoms with Crippen molar-refractivity contribution in [2.75, 3.05) is 13.1 Å². The highest BCUT2D eigenvalue weighted by atomic mass is 16.4. The molecular formula is C9H15NO2. The summed E-state index contributed by atoms with van der Waals surface area (Å²) in [4.78, 5) is 12.6. The smallest absolute Gasteiger partial charge is 0.320 e. The molecule has 1 N–H and O–H groups in total. The molecule has 0 bridgehead atoms. The maximum atomic E-state index is 10.6. The zero-order chi connectivity index (χ0) is 9.14. The van der Waals surface area contributed by atoms with E-state index in [-0.39, 0.29) is 6.04 Å². The molecule has 1 fully saturated rings. The van der Waals surface area contributed by atoms with Gasteiger partial charge in [0.15, 0.2) is 0 Å². The molecule has 0 spiro atoms. The molecular weight excluding hydrogens is 154 g/mol. The van der Waals surface area contributed by atoms with Gasteiger partial charge in [-0.1, -0.05) is 12.2 Å². The Kier molecular flexibility index (Phi) is 2.87. The second-order valence-corrected chi connectivity index (χ2v) is 3.34. The van der Waals surface area contributed by atoms with Crippen LogP contribution in [0.1, 0.15) is 19.8 Å². The van der Waals surface area contributed by atoms with Crippen LogP contribution in [0.3, 0.4) is 0 Å². The number of nitrogens with zero attached hydrogens (tertiary/aromatic N) is 1. The van der Waals surface area contributed by atoms with Crippen LogP contribution in [0.2, 0.25) is 0 Å². The van der Waals surface area contributed by atoms with Crippen LogP contribution in [0.15, 0.2) is 12.2 Å². The predicted octanol–water partition coefficient (Wildman–Crippen LogP) is 1.11. The summed E-state index contributed by atoms with van der Waals surface area (Å²) in [5.74, 6) is -0.746. The molecule has 0 aromatic carbocycles. The van der Waals surface area contributed by atoms with E-state index in [9.17, 15) is 4.79 Å². The van der Waals surface area contributed by atoms with Crippen LogP contribution in [-0.2, 0) is 4.79 Å². The molecule has 1 aliphatic heterocycles. The molecule has 0 saturated carbocycles. The van der Waals surface area contributed by atoms with Crippen molar-refractivity contribution in [3.63, 3.8) is 0 Å². The van der Waals surface area contributed by atoms with Gasteiger partial charge < -0.3 is 5.11 Å². The van der Waals surface area contributed by atoms with E-state index in [0.29, 0.717) is 0 Å². The summed E-state index contributed by atoms with van der Waals surface area (Å²) >= 11 is 0. The number of carboxylic acids is 1. The Balaban J connectivity index is 2.51. The number of hydrogen-bond donors (Lipinski definition) is 1. The quantitative estimate of drug-likeness (QED) is 0.629. The summed E-state index contributed by atoms with van der Waals surface area (Å²) < 4.78 is 0. The van der Waals surface area contributed by atoms with Crippen LogP contribution in [0, 0.1) is 0 Å². The van der Waals surface area contributed by atoms with Crippen molar-refractivity contribution in [1.29, 1.82) is 0 Å². The third kappa shape index (κ3) is 2.08. The van der Waals surface area contributed by atoms with Gasteiger partial charge in [-0.25, -0.2) is 0 Å². The minimum absolute atomic E-state index is 0.373. The van der Waals surface area contributed by atoms with Crippen LogP contribution in [0.5, 0.6) is 0 Å². The molecule has 1 heterocycles. The van der Waals surface area contributed by atoms with Crippen molar-refractivity contribution in [2.45, 2.75) is 25.8 Å². The number of rotatable bonds is 2. The van der Waals surface area contributed by atoms with E-state index in [4.69, 9.17) is 5.11 Å². The lowest BCUT2D eigenvalue weighted by atomic mass is 10.1. The molecule has 1 rings (SSSR count). The minimum Gasteiger partial charge on any atom is -0.480 e. The third-order valence-corrected chi connectivity index (χ3v) is 2.31. The van der Waals surface area contributed by atoms with Crippen LogP contribution >= 0.6 is 0 Å². The van der Waals surface area contributed by atoms with Crippen molar-refractivity contribution in [3.05, 3.63) is 12.2 Å². The molecule has 1 saturated heterocycles. The van der Waals surface area contributed by atoms with Gasteiger partial charge in [-0.3, -0.25) is 9.69 Å². The van der Waals surface area contributed by atoms with Crippen molar-refractivity contribution >= 4 is 5.97 Å². The van der Waals surface area contributed by atoms with E-state index in [1.807, 2.05) is 4.90 Å². The third-order valence-electron chi connectivity index (χ3n) is 2.31. The van der Waals surface area contributed by atoms with Crippen molar-refractivity contribution in [3.8, 4) is 0 Å². The van der Waals surface area contributed by atoms with E-state index in [1.165, 1.54) is 0 Å². The summed E-state index contributed by atoms with van der Waals surface area (Å²) in [6, 6.07) is -0.373. The largest absolute Gasteiger partial charge is 0.480 e. The Bertz CT molecular complexity index is 199. The monoisotopic (exact) mass is 169 g/mol. The summed E-state index contributed by atoms with van der Waals surface area (Å²) in [7, 11) is 0. The van der Waals surface area contributed by atoms with Gasteiger partial charge in [-0.05, 0) is 26.3 Å². The van der Waals surface area contributed by atoms with Crippen LogP contribution in [0.25, 0.3) is 0 Å². The SMILES string of the molecule is C=C1CCCN(C(C)C(=O)O)C1. The highest BCUT2D eigenvalue weighted by molar-refractivity contribution is 5.72. The average molecular weight is 169 g/mol. The molecule has 1 atom stereocenters. The van der Waals surface area contributed by atoms with Gasteiger partial charge in [-0.15, -0.1) is 0 Å². The number of aliphatic carboxylic acids is 1. The molecule has 0 amide bonds. The van der Waals surface area contributed by atoms with Gasteiger partial charge in [0.2, 0.25) is 0 Å². The second kappa shape index (κ2) is 3.72. The van der Waals surface area contributed by atoms with E-state index in [0.717, 1.165) is 31.5 Å². The highest BCUT2D eigenvalue weighted by Gasteiger charge is 2.22. The van der Waals surface area contributed by atoms with E-state index >= 15 is 0 Å². The first-order valence-corrected chi connectivity index (χ1v) is 4.25. The lowest BCUT2D eigenvalue weighted by Crippen LogP contribution is -2.42. The van der Waals surface area contributed by atoms with Gasteiger partial charge >= 0.3 is 5.97 Å². The topological polar surface area (TPSA) is 40.5 Å². The fourth-order valence-electron chi connectivity index (χ4n) is 1.46. The van der Waals surface area contributed by atoms with Crippen LogP contribution in [-0.4, -0.2) is 35.1 Å². The lowest BCUT2D eigenvalue weighted by molar-refractivity contribution is -0.142. The summed E-state index contributed by atoms with van der Waals surface area (Å²) in [5, 5.41) is 8.75. The predicted molar refractivity (Wildman–Crippen MR) is 47.0 cm³/mol. The van der Waals surface area contributed by atoms with Crippen molar-refractivity contribution < 1.29 is 9.90 Å². The molecule has 0 aromatic heterocycles. The molecule has 3 heteroatoms. The zero-order valence-electron chi connectivity index (χ0n) is 7.42. The molecule has 1 aliphatic rings.